The Morgan fingerprint density at radius 1 is 1.17 bits per heavy atom. The number of nitrogens with one attached hydrogen (secondary N) is 1. The van der Waals surface area contributed by atoms with Gasteiger partial charge in [-0.05, 0) is 32.1 Å². The summed E-state index contributed by atoms with van der Waals surface area (Å²) in [6, 6.07) is 11.2. The number of nitrogens with zero attached hydrogens (tertiary/aromatic N) is 1. The molecule has 1 N–H and O–H groups in total. The van der Waals surface area contributed by atoms with Crippen molar-refractivity contribution in [3.8, 4) is 0 Å². The van der Waals surface area contributed by atoms with Gasteiger partial charge in [-0.3, -0.25) is 0 Å². The highest BCUT2D eigenvalue weighted by atomic mass is 32.2. The average Bonchev–Trinajstić information content (AvgIpc) is 2.42. The molecule has 102 valence electrons. The van der Waals surface area contributed by atoms with E-state index in [9.17, 15) is 0 Å². The van der Waals surface area contributed by atoms with Crippen molar-refractivity contribution in [2.24, 2.45) is 0 Å². The van der Waals surface area contributed by atoms with E-state index in [4.69, 9.17) is 0 Å². The summed E-state index contributed by atoms with van der Waals surface area (Å²) in [6.07, 6.45) is 0. The molecule has 0 amide bonds. The van der Waals surface area contributed by atoms with Gasteiger partial charge >= 0.3 is 0 Å². The summed E-state index contributed by atoms with van der Waals surface area (Å²) >= 11 is 1.92. The second-order valence-corrected chi connectivity index (χ2v) is 5.67. The van der Waals surface area contributed by atoms with Gasteiger partial charge in [0.2, 0.25) is 0 Å². The summed E-state index contributed by atoms with van der Waals surface area (Å²) in [4.78, 5) is 3.82. The highest BCUT2D eigenvalue weighted by Gasteiger charge is 2.05. The molecule has 0 saturated carbocycles. The molecule has 1 unspecified atom stereocenters. The van der Waals surface area contributed by atoms with E-state index in [1.54, 1.807) is 0 Å². The Morgan fingerprint density at radius 3 is 2.44 bits per heavy atom. The van der Waals surface area contributed by atoms with Crippen LogP contribution in [0.2, 0.25) is 0 Å². The first-order valence-corrected chi connectivity index (χ1v) is 7.88. The van der Waals surface area contributed by atoms with Gasteiger partial charge < -0.3 is 10.2 Å². The highest BCUT2D eigenvalue weighted by Crippen LogP contribution is 2.15. The third-order valence-corrected chi connectivity index (χ3v) is 4.05. The van der Waals surface area contributed by atoms with Crippen LogP contribution >= 0.6 is 11.8 Å². The van der Waals surface area contributed by atoms with Gasteiger partial charge in [0.25, 0.3) is 0 Å². The third kappa shape index (κ3) is 6.43. The maximum atomic E-state index is 3.59. The third-order valence-electron chi connectivity index (χ3n) is 3.03. The van der Waals surface area contributed by atoms with E-state index in [0.29, 0.717) is 6.04 Å². The van der Waals surface area contributed by atoms with Crippen molar-refractivity contribution in [2.45, 2.75) is 31.7 Å². The molecular weight excluding hydrogens is 240 g/mol. The zero-order valence-electron chi connectivity index (χ0n) is 11.9. The number of benzene rings is 1. The van der Waals surface area contributed by atoms with E-state index in [0.717, 1.165) is 31.9 Å². The summed E-state index contributed by atoms with van der Waals surface area (Å²) in [5.74, 6) is 1.13. The van der Waals surface area contributed by atoms with E-state index < -0.39 is 0 Å². The summed E-state index contributed by atoms with van der Waals surface area (Å²) in [5.41, 5.74) is 0. The minimum Gasteiger partial charge on any atom is -0.312 e. The monoisotopic (exact) mass is 266 g/mol. The molecule has 1 aromatic carbocycles. The Morgan fingerprint density at radius 2 is 1.83 bits per heavy atom. The van der Waals surface area contributed by atoms with Crippen molar-refractivity contribution >= 4 is 11.8 Å². The highest BCUT2D eigenvalue weighted by molar-refractivity contribution is 7.99. The van der Waals surface area contributed by atoms with Gasteiger partial charge in [0.1, 0.15) is 0 Å². The maximum Gasteiger partial charge on any atom is 0.0167 e. The standard InChI is InChI=1S/C15H26N2S/c1-4-17(5-2)13-14(3)16-11-12-18-15-9-7-6-8-10-15/h6-10,14,16H,4-5,11-13H2,1-3H3. The Hall–Kier alpha value is -0.510. The van der Waals surface area contributed by atoms with Crippen LogP contribution in [0.1, 0.15) is 20.8 Å². The van der Waals surface area contributed by atoms with Gasteiger partial charge in [-0.15, -0.1) is 11.8 Å². The lowest BCUT2D eigenvalue weighted by atomic mass is 10.3. The van der Waals surface area contributed by atoms with E-state index in [2.05, 4.69) is 61.3 Å². The van der Waals surface area contributed by atoms with Crippen LogP contribution in [0.4, 0.5) is 0 Å². The smallest absolute Gasteiger partial charge is 0.0167 e. The molecule has 0 spiro atoms. The summed E-state index contributed by atoms with van der Waals surface area (Å²) in [7, 11) is 0. The van der Waals surface area contributed by atoms with E-state index >= 15 is 0 Å². The Balaban J connectivity index is 2.10. The van der Waals surface area contributed by atoms with Crippen LogP contribution in [0.25, 0.3) is 0 Å². The number of hydrogen-bond donors (Lipinski definition) is 1. The molecule has 2 nitrogen and oxygen atoms in total. The molecule has 0 aliphatic rings. The quantitative estimate of drug-likeness (QED) is 0.546. The first-order chi connectivity index (χ1) is 8.76. The summed E-state index contributed by atoms with van der Waals surface area (Å²) < 4.78 is 0. The fourth-order valence-electron chi connectivity index (χ4n) is 1.92. The normalized spacial score (nSPS) is 12.9. The Bertz CT molecular complexity index is 299. The largest absolute Gasteiger partial charge is 0.312 e. The zero-order chi connectivity index (χ0) is 13.2. The Labute approximate surface area is 116 Å². The van der Waals surface area contributed by atoms with Crippen molar-refractivity contribution in [1.29, 1.82) is 0 Å². The summed E-state index contributed by atoms with van der Waals surface area (Å²) in [5, 5.41) is 3.59. The van der Waals surface area contributed by atoms with Crippen molar-refractivity contribution in [2.75, 3.05) is 31.9 Å². The molecule has 3 heteroatoms. The molecule has 1 atom stereocenters. The van der Waals surface area contributed by atoms with Crippen LogP contribution in [-0.4, -0.2) is 42.9 Å². The SMILES string of the molecule is CCN(CC)CC(C)NCCSc1ccccc1. The van der Waals surface area contributed by atoms with Crippen molar-refractivity contribution < 1.29 is 0 Å². The molecule has 0 bridgehead atoms. The number of hydrogen-bond acceptors (Lipinski definition) is 3. The van der Waals surface area contributed by atoms with Gasteiger partial charge in [0, 0.05) is 29.8 Å². The Kier molecular flexibility index (Phi) is 8.14. The minimum absolute atomic E-state index is 0.571. The maximum absolute atomic E-state index is 3.59. The second-order valence-electron chi connectivity index (χ2n) is 4.50. The van der Waals surface area contributed by atoms with Crippen molar-refractivity contribution in [3.05, 3.63) is 30.3 Å². The predicted molar refractivity (Wildman–Crippen MR) is 82.4 cm³/mol. The van der Waals surface area contributed by atoms with Crippen LogP contribution in [0, 0.1) is 0 Å². The topological polar surface area (TPSA) is 15.3 Å². The molecule has 0 radical (unpaired) electrons. The fraction of sp³-hybridized carbons (Fsp3) is 0.600. The van der Waals surface area contributed by atoms with Crippen LogP contribution in [0.5, 0.6) is 0 Å². The summed E-state index contributed by atoms with van der Waals surface area (Å²) in [6.45, 7) is 11.2. The number of rotatable bonds is 9. The zero-order valence-corrected chi connectivity index (χ0v) is 12.7. The first-order valence-electron chi connectivity index (χ1n) is 6.89. The van der Waals surface area contributed by atoms with Gasteiger partial charge in [-0.25, -0.2) is 0 Å². The van der Waals surface area contributed by atoms with Crippen molar-refractivity contribution in [3.63, 3.8) is 0 Å². The molecular formula is C15H26N2S. The molecule has 1 rings (SSSR count). The van der Waals surface area contributed by atoms with Crippen LogP contribution < -0.4 is 5.32 Å². The minimum atomic E-state index is 0.571. The average molecular weight is 266 g/mol. The van der Waals surface area contributed by atoms with E-state index in [-0.39, 0.29) is 0 Å². The lowest BCUT2D eigenvalue weighted by Gasteiger charge is -2.23. The molecule has 0 aliphatic carbocycles. The fourth-order valence-corrected chi connectivity index (χ4v) is 2.73. The molecule has 1 aromatic rings. The van der Waals surface area contributed by atoms with E-state index in [1.807, 2.05) is 11.8 Å². The molecule has 0 aliphatic heterocycles. The molecule has 0 fully saturated rings. The lowest BCUT2D eigenvalue weighted by Crippen LogP contribution is -2.39. The molecule has 0 saturated heterocycles. The first kappa shape index (κ1) is 15.5. The van der Waals surface area contributed by atoms with Gasteiger partial charge in [-0.1, -0.05) is 32.0 Å². The molecule has 0 heterocycles. The molecule has 18 heavy (non-hydrogen) atoms. The predicted octanol–water partition coefficient (Wildman–Crippen LogP) is 3.10. The van der Waals surface area contributed by atoms with Crippen LogP contribution in [0.3, 0.4) is 0 Å². The number of thioether (sulfide) groups is 1. The van der Waals surface area contributed by atoms with Gasteiger partial charge in [0.15, 0.2) is 0 Å². The van der Waals surface area contributed by atoms with Gasteiger partial charge in [0.05, 0.1) is 0 Å². The van der Waals surface area contributed by atoms with Crippen LogP contribution in [0.15, 0.2) is 35.2 Å². The van der Waals surface area contributed by atoms with Gasteiger partial charge in [-0.2, -0.15) is 0 Å². The molecule has 0 aromatic heterocycles. The van der Waals surface area contributed by atoms with Crippen LogP contribution in [-0.2, 0) is 0 Å². The lowest BCUT2D eigenvalue weighted by molar-refractivity contribution is 0.273. The van der Waals surface area contributed by atoms with E-state index in [1.165, 1.54) is 4.90 Å². The second kappa shape index (κ2) is 9.42. The number of likely N-dealkylation sites (N-methyl/N-ethyl adjacent to an activating group) is 1. The van der Waals surface area contributed by atoms with Crippen molar-refractivity contribution in [1.82, 2.24) is 10.2 Å².